The molecule has 1 aromatic heterocycles. The molecular formula is C9H10ClNO2. The number of aromatic nitrogens is 1. The molecule has 0 bridgehead atoms. The van der Waals surface area contributed by atoms with E-state index >= 15 is 0 Å². The molecule has 0 aliphatic heterocycles. The van der Waals surface area contributed by atoms with E-state index < -0.39 is 5.79 Å². The molecule has 1 rings (SSSR count). The number of nitrogens with zero attached hydrogens (tertiary/aromatic N) is 1. The summed E-state index contributed by atoms with van der Waals surface area (Å²) in [5.74, 6) is -1.97. The second-order valence-corrected chi connectivity index (χ2v) is 2.98. The molecule has 1 heterocycles. The van der Waals surface area contributed by atoms with Crippen LogP contribution in [0.2, 0.25) is 5.15 Å². The van der Waals surface area contributed by atoms with Crippen LogP contribution in [0.5, 0.6) is 0 Å². The lowest BCUT2D eigenvalue weighted by molar-refractivity contribution is -0.125. The van der Waals surface area contributed by atoms with E-state index in [4.69, 9.17) is 11.6 Å². The highest BCUT2D eigenvalue weighted by molar-refractivity contribution is 6.29. The Balaban J connectivity index is 3.07. The highest BCUT2D eigenvalue weighted by Crippen LogP contribution is 2.20. The topological polar surface area (TPSA) is 53.4 Å². The van der Waals surface area contributed by atoms with Crippen LogP contribution in [0.3, 0.4) is 0 Å². The lowest BCUT2D eigenvalue weighted by atomic mass is 10.1. The van der Waals surface area contributed by atoms with Crippen molar-refractivity contribution in [2.24, 2.45) is 0 Å². The molecule has 3 nitrogen and oxygen atoms in total. The summed E-state index contributed by atoms with van der Waals surface area (Å²) in [6.07, 6.45) is 4.23. The summed E-state index contributed by atoms with van der Waals surface area (Å²) < 4.78 is 0. The smallest absolute Gasteiger partial charge is 0.210 e. The number of aliphatic hydroxyl groups is 2. The zero-order valence-electron chi connectivity index (χ0n) is 7.11. The molecule has 0 saturated carbocycles. The van der Waals surface area contributed by atoms with Crippen LogP contribution < -0.4 is 0 Å². The normalized spacial score (nSPS) is 12.3. The molecule has 0 atom stereocenters. The number of rotatable bonds is 2. The molecule has 0 aliphatic rings. The van der Waals surface area contributed by atoms with Gasteiger partial charge in [0.2, 0.25) is 5.79 Å². The predicted octanol–water partition coefficient (Wildman–Crippen LogP) is 1.45. The van der Waals surface area contributed by atoms with E-state index in [1.54, 1.807) is 13.0 Å². The Bertz CT molecular complexity index is 323. The first-order chi connectivity index (χ1) is 6.06. The van der Waals surface area contributed by atoms with Crippen LogP contribution >= 0.6 is 11.6 Å². The van der Waals surface area contributed by atoms with Crippen molar-refractivity contribution >= 4 is 11.6 Å². The van der Waals surface area contributed by atoms with Crippen molar-refractivity contribution in [2.45, 2.75) is 12.7 Å². The number of hydrogen-bond donors (Lipinski definition) is 2. The molecule has 0 amide bonds. The number of halogens is 1. The van der Waals surface area contributed by atoms with Crippen LogP contribution in [0.4, 0.5) is 0 Å². The van der Waals surface area contributed by atoms with Gasteiger partial charge in [-0.05, 0) is 25.1 Å². The SMILES string of the molecule is CC=CC(O)(O)c1ccnc(Cl)c1. The highest BCUT2D eigenvalue weighted by Gasteiger charge is 2.21. The summed E-state index contributed by atoms with van der Waals surface area (Å²) in [6, 6.07) is 2.90. The second kappa shape index (κ2) is 3.87. The van der Waals surface area contributed by atoms with Gasteiger partial charge in [0.15, 0.2) is 0 Å². The zero-order chi connectivity index (χ0) is 9.90. The van der Waals surface area contributed by atoms with Gasteiger partial charge in [0.1, 0.15) is 5.15 Å². The molecule has 70 valence electrons. The van der Waals surface area contributed by atoms with E-state index in [0.29, 0.717) is 5.56 Å². The lowest BCUT2D eigenvalue weighted by Gasteiger charge is -2.17. The fraction of sp³-hybridized carbons (Fsp3) is 0.222. The summed E-state index contributed by atoms with van der Waals surface area (Å²) in [7, 11) is 0. The molecule has 0 spiro atoms. The first-order valence-electron chi connectivity index (χ1n) is 3.77. The van der Waals surface area contributed by atoms with Gasteiger partial charge in [0, 0.05) is 11.8 Å². The first kappa shape index (κ1) is 10.2. The van der Waals surface area contributed by atoms with Crippen LogP contribution in [-0.2, 0) is 5.79 Å². The molecular weight excluding hydrogens is 190 g/mol. The van der Waals surface area contributed by atoms with Crippen molar-refractivity contribution in [1.29, 1.82) is 0 Å². The standard InChI is InChI=1S/C9H10ClNO2/c1-2-4-9(12,13)7-3-5-11-8(10)6-7/h2-6,12-13H,1H3. The van der Waals surface area contributed by atoms with Crippen molar-refractivity contribution in [1.82, 2.24) is 4.98 Å². The van der Waals surface area contributed by atoms with Crippen molar-refractivity contribution in [2.75, 3.05) is 0 Å². The molecule has 0 unspecified atom stereocenters. The number of allylic oxidation sites excluding steroid dienone is 1. The summed E-state index contributed by atoms with van der Waals surface area (Å²) in [5, 5.41) is 19.2. The Hall–Kier alpha value is -0.900. The summed E-state index contributed by atoms with van der Waals surface area (Å²) in [4.78, 5) is 3.73. The highest BCUT2D eigenvalue weighted by atomic mass is 35.5. The van der Waals surface area contributed by atoms with Gasteiger partial charge in [-0.25, -0.2) is 4.98 Å². The van der Waals surface area contributed by atoms with E-state index in [-0.39, 0.29) is 5.15 Å². The summed E-state index contributed by atoms with van der Waals surface area (Å²) in [6.45, 7) is 1.70. The third-order valence-electron chi connectivity index (χ3n) is 1.55. The Morgan fingerprint density at radius 3 is 2.77 bits per heavy atom. The Labute approximate surface area is 81.3 Å². The van der Waals surface area contributed by atoms with Crippen molar-refractivity contribution < 1.29 is 10.2 Å². The average molecular weight is 200 g/mol. The molecule has 0 aliphatic carbocycles. The van der Waals surface area contributed by atoms with Crippen LogP contribution in [0, 0.1) is 0 Å². The quantitative estimate of drug-likeness (QED) is 0.431. The lowest BCUT2D eigenvalue weighted by Crippen LogP contribution is -2.21. The molecule has 2 N–H and O–H groups in total. The molecule has 13 heavy (non-hydrogen) atoms. The maximum atomic E-state index is 9.49. The molecule has 4 heteroatoms. The van der Waals surface area contributed by atoms with E-state index in [0.717, 1.165) is 0 Å². The van der Waals surface area contributed by atoms with Crippen molar-refractivity contribution in [3.8, 4) is 0 Å². The number of hydrogen-bond acceptors (Lipinski definition) is 3. The summed E-state index contributed by atoms with van der Waals surface area (Å²) >= 11 is 5.59. The van der Waals surface area contributed by atoms with E-state index in [9.17, 15) is 10.2 Å². The largest absolute Gasteiger partial charge is 0.359 e. The minimum absolute atomic E-state index is 0.231. The predicted molar refractivity (Wildman–Crippen MR) is 50.2 cm³/mol. The number of pyridine rings is 1. The minimum atomic E-state index is -1.97. The van der Waals surface area contributed by atoms with Crippen LogP contribution in [0.25, 0.3) is 0 Å². The fourth-order valence-electron chi connectivity index (χ4n) is 0.960. The van der Waals surface area contributed by atoms with Gasteiger partial charge in [-0.1, -0.05) is 17.7 Å². The van der Waals surface area contributed by atoms with Crippen LogP contribution in [0.1, 0.15) is 12.5 Å². The van der Waals surface area contributed by atoms with Crippen LogP contribution in [-0.4, -0.2) is 15.2 Å². The third-order valence-corrected chi connectivity index (χ3v) is 1.76. The summed E-state index contributed by atoms with van der Waals surface area (Å²) in [5.41, 5.74) is 0.297. The van der Waals surface area contributed by atoms with Gasteiger partial charge >= 0.3 is 0 Å². The molecule has 1 aromatic rings. The second-order valence-electron chi connectivity index (χ2n) is 2.59. The Kier molecular flexibility index (Phi) is 3.03. The minimum Gasteiger partial charge on any atom is -0.359 e. The third kappa shape index (κ3) is 2.52. The fourth-order valence-corrected chi connectivity index (χ4v) is 1.13. The molecule has 0 aromatic carbocycles. The Morgan fingerprint density at radius 1 is 1.54 bits per heavy atom. The average Bonchev–Trinajstić information content (AvgIpc) is 2.04. The van der Waals surface area contributed by atoms with Gasteiger partial charge in [-0.15, -0.1) is 0 Å². The molecule has 0 radical (unpaired) electrons. The van der Waals surface area contributed by atoms with E-state index in [1.807, 2.05) is 0 Å². The molecule has 0 saturated heterocycles. The van der Waals surface area contributed by atoms with Gasteiger partial charge in [0.05, 0.1) is 0 Å². The monoisotopic (exact) mass is 199 g/mol. The van der Waals surface area contributed by atoms with Gasteiger partial charge in [0.25, 0.3) is 0 Å². The van der Waals surface area contributed by atoms with Crippen LogP contribution in [0.15, 0.2) is 30.5 Å². The van der Waals surface area contributed by atoms with Crippen molar-refractivity contribution in [3.63, 3.8) is 0 Å². The van der Waals surface area contributed by atoms with Gasteiger partial charge in [-0.2, -0.15) is 0 Å². The first-order valence-corrected chi connectivity index (χ1v) is 4.14. The zero-order valence-corrected chi connectivity index (χ0v) is 7.86. The van der Waals surface area contributed by atoms with E-state index in [1.165, 1.54) is 24.4 Å². The van der Waals surface area contributed by atoms with Crippen molar-refractivity contribution in [3.05, 3.63) is 41.2 Å². The maximum absolute atomic E-state index is 9.49. The van der Waals surface area contributed by atoms with Gasteiger partial charge in [-0.3, -0.25) is 0 Å². The van der Waals surface area contributed by atoms with Gasteiger partial charge < -0.3 is 10.2 Å². The molecule has 0 fully saturated rings. The maximum Gasteiger partial charge on any atom is 0.210 e. The van der Waals surface area contributed by atoms with E-state index in [2.05, 4.69) is 4.98 Å². The Morgan fingerprint density at radius 2 is 2.23 bits per heavy atom.